The fourth-order valence-electron chi connectivity index (χ4n) is 0.497. The zero-order chi connectivity index (χ0) is 10.6. The highest BCUT2D eigenvalue weighted by Crippen LogP contribution is 2.24. The zero-order valence-electron chi connectivity index (χ0n) is 6.74. The second-order valence-corrected chi connectivity index (χ2v) is 3.53. The molecule has 0 unspecified atom stereocenters. The number of hydrogen-bond acceptors (Lipinski definition) is 7. The first-order valence-corrected chi connectivity index (χ1v) is 4.75. The van der Waals surface area contributed by atoms with Gasteiger partial charge in [0.2, 0.25) is 0 Å². The molecule has 0 spiro atoms. The van der Waals surface area contributed by atoms with Crippen LogP contribution in [-0.4, -0.2) is 34.8 Å². The molecule has 78 valence electrons. The molecule has 0 radical (unpaired) electrons. The first kappa shape index (κ1) is 12.7. The van der Waals surface area contributed by atoms with Gasteiger partial charge in [0, 0.05) is 0 Å². The molecule has 2 atom stereocenters. The van der Waals surface area contributed by atoms with Gasteiger partial charge in [0.05, 0.1) is 13.9 Å². The highest BCUT2D eigenvalue weighted by atomic mass is 31.2. The molecule has 0 aliphatic carbocycles. The van der Waals surface area contributed by atoms with Crippen molar-refractivity contribution in [2.24, 2.45) is 0 Å². The number of phosphoric acid groups is 1. The van der Waals surface area contributed by atoms with Crippen molar-refractivity contribution in [1.29, 1.82) is 0 Å². The Hall–Kier alpha value is -0.300. The van der Waals surface area contributed by atoms with Gasteiger partial charge in [0.1, 0.15) is 12.7 Å². The van der Waals surface area contributed by atoms with Gasteiger partial charge >= 0.3 is 0 Å². The molecule has 0 rings (SSSR count). The van der Waals surface area contributed by atoms with Crippen molar-refractivity contribution in [2.45, 2.75) is 19.1 Å². The molecule has 0 heterocycles. The molecular formula is C5H9O7P-2. The minimum atomic E-state index is -5.20. The molecule has 13 heavy (non-hydrogen) atoms. The van der Waals surface area contributed by atoms with E-state index in [9.17, 15) is 19.1 Å². The third-order valence-electron chi connectivity index (χ3n) is 1.15. The summed E-state index contributed by atoms with van der Waals surface area (Å²) in [4.78, 5) is 30.5. The summed E-state index contributed by atoms with van der Waals surface area (Å²) in [6, 6.07) is 0. The lowest BCUT2D eigenvalue weighted by atomic mass is 10.1. The molecule has 0 aromatic carbocycles. The van der Waals surface area contributed by atoms with Gasteiger partial charge in [0.15, 0.2) is 5.78 Å². The van der Waals surface area contributed by atoms with Crippen LogP contribution in [0.5, 0.6) is 0 Å². The monoisotopic (exact) mass is 212 g/mol. The Kier molecular flexibility index (Phi) is 4.69. The van der Waals surface area contributed by atoms with Gasteiger partial charge in [0.25, 0.3) is 0 Å². The molecule has 0 aliphatic heterocycles. The van der Waals surface area contributed by atoms with E-state index in [-0.39, 0.29) is 0 Å². The minimum Gasteiger partial charge on any atom is -0.790 e. The van der Waals surface area contributed by atoms with E-state index in [0.717, 1.165) is 6.92 Å². The highest BCUT2D eigenvalue weighted by Gasteiger charge is 2.20. The molecule has 0 aliphatic rings. The van der Waals surface area contributed by atoms with Crippen molar-refractivity contribution >= 4 is 13.6 Å². The number of phosphoric ester groups is 1. The third kappa shape index (κ3) is 5.87. The first-order valence-electron chi connectivity index (χ1n) is 3.29. The maximum atomic E-state index is 10.7. The number of aliphatic hydroxyl groups excluding tert-OH is 2. The van der Waals surface area contributed by atoms with E-state index >= 15 is 0 Å². The Bertz CT molecular complexity index is 219. The van der Waals surface area contributed by atoms with Crippen LogP contribution in [0.15, 0.2) is 0 Å². The number of aliphatic hydroxyl groups is 2. The summed E-state index contributed by atoms with van der Waals surface area (Å²) in [5.41, 5.74) is 0. The van der Waals surface area contributed by atoms with Crippen molar-refractivity contribution in [1.82, 2.24) is 0 Å². The molecule has 8 heteroatoms. The predicted molar refractivity (Wildman–Crippen MR) is 36.3 cm³/mol. The molecule has 2 N–H and O–H groups in total. The minimum absolute atomic E-state index is 1.06. The van der Waals surface area contributed by atoms with Gasteiger partial charge in [-0.2, -0.15) is 0 Å². The lowest BCUT2D eigenvalue weighted by Crippen LogP contribution is -2.35. The Morgan fingerprint density at radius 2 is 2.00 bits per heavy atom. The average Bonchev–Trinajstić information content (AvgIpc) is 1.97. The zero-order valence-corrected chi connectivity index (χ0v) is 7.64. The standard InChI is InChI=1S/C5H11O7P/c1-3(6)5(8)4(7)2-12-13(9,10)11/h3,5-6,8H,2H2,1H3,(H2,9,10,11)/p-2/t3-,5-/m1/s1. The predicted octanol–water partition coefficient (Wildman–Crippen LogP) is -2.86. The normalized spacial score (nSPS) is 16.7. The van der Waals surface area contributed by atoms with Crippen LogP contribution in [0.4, 0.5) is 0 Å². The van der Waals surface area contributed by atoms with Crippen LogP contribution in [0.25, 0.3) is 0 Å². The Labute approximate surface area is 74.2 Å². The molecule has 0 saturated heterocycles. The van der Waals surface area contributed by atoms with Crippen LogP contribution in [0.3, 0.4) is 0 Å². The first-order chi connectivity index (χ1) is 5.74. The van der Waals surface area contributed by atoms with Gasteiger partial charge in [-0.1, -0.05) is 0 Å². The molecule has 0 aromatic heterocycles. The smallest absolute Gasteiger partial charge is 0.189 e. The van der Waals surface area contributed by atoms with Crippen LogP contribution in [-0.2, 0) is 13.9 Å². The molecule has 0 amide bonds. The van der Waals surface area contributed by atoms with Crippen molar-refractivity contribution in [3.8, 4) is 0 Å². The van der Waals surface area contributed by atoms with Gasteiger partial charge in [-0.25, -0.2) is 0 Å². The van der Waals surface area contributed by atoms with E-state index in [1.165, 1.54) is 0 Å². The van der Waals surface area contributed by atoms with E-state index in [0.29, 0.717) is 0 Å². The number of rotatable bonds is 5. The second kappa shape index (κ2) is 4.80. The summed E-state index contributed by atoms with van der Waals surface area (Å²) in [5.74, 6) is -1.07. The highest BCUT2D eigenvalue weighted by molar-refractivity contribution is 7.43. The van der Waals surface area contributed by atoms with E-state index in [4.69, 9.17) is 10.2 Å². The van der Waals surface area contributed by atoms with Crippen LogP contribution in [0.1, 0.15) is 6.92 Å². The Morgan fingerprint density at radius 3 is 2.31 bits per heavy atom. The summed E-state index contributed by atoms with van der Waals surface area (Å²) in [6.07, 6.45) is -3.08. The molecular weight excluding hydrogens is 203 g/mol. The maximum absolute atomic E-state index is 10.7. The number of hydrogen-bond donors (Lipinski definition) is 2. The molecule has 0 fully saturated rings. The summed E-state index contributed by atoms with van der Waals surface area (Å²) in [5, 5.41) is 17.5. The largest absolute Gasteiger partial charge is 0.790 e. The van der Waals surface area contributed by atoms with Crippen molar-refractivity contribution in [3.63, 3.8) is 0 Å². The molecule has 0 saturated carbocycles. The van der Waals surface area contributed by atoms with Crippen LogP contribution < -0.4 is 9.79 Å². The van der Waals surface area contributed by atoms with E-state index in [1.807, 2.05) is 0 Å². The molecule has 0 bridgehead atoms. The quantitative estimate of drug-likeness (QED) is 0.468. The van der Waals surface area contributed by atoms with Gasteiger partial charge in [-0.3, -0.25) is 4.79 Å². The van der Waals surface area contributed by atoms with Gasteiger partial charge < -0.3 is 29.1 Å². The third-order valence-corrected chi connectivity index (χ3v) is 1.60. The summed E-state index contributed by atoms with van der Waals surface area (Å²) in [7, 11) is -5.20. The molecule has 0 aromatic rings. The number of carbonyl (C=O) groups excluding carboxylic acids is 1. The average molecular weight is 212 g/mol. The number of ketones is 1. The number of Topliss-reactive ketones (excluding diaryl/α,β-unsaturated/α-hetero) is 1. The SMILES string of the molecule is C[C@@H](O)[C@@H](O)C(=O)COP(=O)([O-])[O-]. The van der Waals surface area contributed by atoms with Crippen LogP contribution >= 0.6 is 7.82 Å². The van der Waals surface area contributed by atoms with Crippen molar-refractivity contribution in [3.05, 3.63) is 0 Å². The topological polar surface area (TPSA) is 130 Å². The Balaban J connectivity index is 3.96. The van der Waals surface area contributed by atoms with E-state index in [1.54, 1.807) is 0 Å². The fourth-order valence-corrected chi connectivity index (χ4v) is 0.782. The maximum Gasteiger partial charge on any atom is 0.189 e. The number of carbonyl (C=O) groups is 1. The Morgan fingerprint density at radius 1 is 1.54 bits per heavy atom. The molecule has 7 nitrogen and oxygen atoms in total. The lowest BCUT2D eigenvalue weighted by molar-refractivity contribution is -0.341. The van der Waals surface area contributed by atoms with Gasteiger partial charge in [-0.15, -0.1) is 0 Å². The van der Waals surface area contributed by atoms with Crippen LogP contribution in [0.2, 0.25) is 0 Å². The summed E-state index contributed by atoms with van der Waals surface area (Å²) >= 11 is 0. The fraction of sp³-hybridized carbons (Fsp3) is 0.800. The summed E-state index contributed by atoms with van der Waals surface area (Å²) < 4.78 is 13.5. The second-order valence-electron chi connectivity index (χ2n) is 2.37. The van der Waals surface area contributed by atoms with Gasteiger partial charge in [-0.05, 0) is 6.92 Å². The van der Waals surface area contributed by atoms with E-state index < -0.39 is 32.4 Å². The van der Waals surface area contributed by atoms with Crippen molar-refractivity contribution < 1.29 is 33.9 Å². The lowest BCUT2D eigenvalue weighted by Gasteiger charge is -2.28. The summed E-state index contributed by atoms with van der Waals surface area (Å²) in [6.45, 7) is 0.0763. The van der Waals surface area contributed by atoms with Crippen LogP contribution in [0, 0.1) is 0 Å². The van der Waals surface area contributed by atoms with E-state index in [2.05, 4.69) is 4.52 Å². The van der Waals surface area contributed by atoms with Crippen molar-refractivity contribution in [2.75, 3.05) is 6.61 Å².